The average molecular weight is 458 g/mol. The van der Waals surface area contributed by atoms with Gasteiger partial charge in [-0.3, -0.25) is 19.7 Å². The van der Waals surface area contributed by atoms with E-state index in [-0.39, 0.29) is 37.0 Å². The molecule has 1 aliphatic carbocycles. The second-order valence-corrected chi connectivity index (χ2v) is 10.0. The van der Waals surface area contributed by atoms with E-state index in [9.17, 15) is 14.4 Å². The van der Waals surface area contributed by atoms with Crippen molar-refractivity contribution in [3.05, 3.63) is 34.6 Å². The van der Waals surface area contributed by atoms with Crippen LogP contribution in [0.4, 0.5) is 4.39 Å². The molecule has 3 heterocycles. The van der Waals surface area contributed by atoms with Gasteiger partial charge in [-0.15, -0.1) is 0 Å². The van der Waals surface area contributed by atoms with Crippen molar-refractivity contribution in [2.24, 2.45) is 17.8 Å². The number of piperidine rings is 1. The average Bonchev–Trinajstić information content (AvgIpc) is 3.10. The Hall–Kier alpha value is -2.32. The van der Waals surface area contributed by atoms with Crippen molar-refractivity contribution in [2.45, 2.75) is 57.5 Å². The van der Waals surface area contributed by atoms with Crippen LogP contribution in [0.2, 0.25) is 0 Å². The Morgan fingerprint density at radius 2 is 1.85 bits per heavy atom. The van der Waals surface area contributed by atoms with Gasteiger partial charge in [0.1, 0.15) is 11.9 Å². The van der Waals surface area contributed by atoms with Crippen molar-refractivity contribution in [3.8, 4) is 0 Å². The van der Waals surface area contributed by atoms with Crippen molar-refractivity contribution >= 4 is 17.7 Å². The highest BCUT2D eigenvalue weighted by molar-refractivity contribution is 6.05. The van der Waals surface area contributed by atoms with Crippen molar-refractivity contribution in [1.29, 1.82) is 0 Å². The van der Waals surface area contributed by atoms with Crippen LogP contribution >= 0.6 is 0 Å². The normalized spacial score (nSPS) is 28.0. The van der Waals surface area contributed by atoms with E-state index in [0.29, 0.717) is 40.9 Å². The summed E-state index contributed by atoms with van der Waals surface area (Å²) in [4.78, 5) is 38.0. The molecular weight excluding hydrogens is 425 g/mol. The van der Waals surface area contributed by atoms with Gasteiger partial charge in [-0.05, 0) is 55.7 Å². The molecule has 1 aromatic rings. The number of nitrogens with one attached hydrogen (secondary N) is 2. The molecule has 3 atom stereocenters. The first-order chi connectivity index (χ1) is 16.0. The number of rotatable bonds is 7. The molecular formula is C25H32FN3O4. The van der Waals surface area contributed by atoms with Crippen molar-refractivity contribution in [2.75, 3.05) is 26.3 Å². The Balaban J connectivity index is 1.26. The van der Waals surface area contributed by atoms with Crippen LogP contribution in [-0.4, -0.2) is 55.0 Å². The Morgan fingerprint density at radius 3 is 2.58 bits per heavy atom. The molecule has 4 aliphatic rings. The van der Waals surface area contributed by atoms with Crippen LogP contribution in [0.5, 0.6) is 0 Å². The SMILES string of the molecule is O=C1CCC(N2Cc3c(ccc(C[C@H]4CCCC[C@@H]4CNCC4COC4)c3F)C2=O)C(=O)N1. The summed E-state index contributed by atoms with van der Waals surface area (Å²) in [6, 6.07) is 2.75. The van der Waals surface area contributed by atoms with E-state index in [2.05, 4.69) is 10.6 Å². The molecule has 0 radical (unpaired) electrons. The highest BCUT2D eigenvalue weighted by atomic mass is 19.1. The fourth-order valence-corrected chi connectivity index (χ4v) is 5.79. The summed E-state index contributed by atoms with van der Waals surface area (Å²) in [5.41, 5.74) is 1.39. The molecule has 3 aliphatic heterocycles. The lowest BCUT2D eigenvalue weighted by atomic mass is 9.76. The zero-order chi connectivity index (χ0) is 22.9. The summed E-state index contributed by atoms with van der Waals surface area (Å²) in [7, 11) is 0. The number of halogens is 1. The fraction of sp³-hybridized carbons (Fsp3) is 0.640. The zero-order valence-electron chi connectivity index (χ0n) is 18.9. The molecule has 3 amide bonds. The predicted molar refractivity (Wildman–Crippen MR) is 119 cm³/mol. The summed E-state index contributed by atoms with van der Waals surface area (Å²) < 4.78 is 20.8. The third-order valence-corrected chi connectivity index (χ3v) is 7.82. The summed E-state index contributed by atoms with van der Waals surface area (Å²) in [6.07, 6.45) is 5.79. The molecule has 3 fully saturated rings. The maximum Gasteiger partial charge on any atom is 0.255 e. The number of benzene rings is 1. The van der Waals surface area contributed by atoms with Crippen molar-refractivity contribution in [3.63, 3.8) is 0 Å². The highest BCUT2D eigenvalue weighted by Gasteiger charge is 2.40. The van der Waals surface area contributed by atoms with Gasteiger partial charge in [0.15, 0.2) is 0 Å². The number of amides is 3. The second kappa shape index (κ2) is 9.50. The van der Waals surface area contributed by atoms with E-state index in [1.165, 1.54) is 17.7 Å². The first-order valence-corrected chi connectivity index (χ1v) is 12.2. The first kappa shape index (κ1) is 22.5. The number of hydrogen-bond donors (Lipinski definition) is 2. The van der Waals surface area contributed by atoms with E-state index in [4.69, 9.17) is 4.74 Å². The van der Waals surface area contributed by atoms with Gasteiger partial charge in [0.25, 0.3) is 5.91 Å². The third-order valence-electron chi connectivity index (χ3n) is 7.82. The van der Waals surface area contributed by atoms with Gasteiger partial charge in [-0.1, -0.05) is 18.9 Å². The van der Waals surface area contributed by atoms with Crippen LogP contribution in [0.15, 0.2) is 12.1 Å². The van der Waals surface area contributed by atoms with Crippen LogP contribution in [0.1, 0.15) is 60.0 Å². The fourth-order valence-electron chi connectivity index (χ4n) is 5.79. The largest absolute Gasteiger partial charge is 0.381 e. The van der Waals surface area contributed by atoms with Crippen LogP contribution < -0.4 is 10.6 Å². The molecule has 0 spiro atoms. The molecule has 1 aromatic carbocycles. The number of imide groups is 1. The Labute approximate surface area is 193 Å². The van der Waals surface area contributed by atoms with Gasteiger partial charge in [0.2, 0.25) is 11.8 Å². The number of hydrogen-bond acceptors (Lipinski definition) is 5. The number of carbonyl (C=O) groups excluding carboxylic acids is 3. The molecule has 5 rings (SSSR count). The number of nitrogens with zero attached hydrogens (tertiary/aromatic N) is 1. The number of carbonyl (C=O) groups is 3. The molecule has 178 valence electrons. The smallest absolute Gasteiger partial charge is 0.255 e. The Bertz CT molecular complexity index is 948. The monoisotopic (exact) mass is 457 g/mol. The number of fused-ring (bicyclic) bond motifs is 1. The van der Waals surface area contributed by atoms with Gasteiger partial charge in [0, 0.05) is 30.0 Å². The quantitative estimate of drug-likeness (QED) is 0.613. The van der Waals surface area contributed by atoms with Gasteiger partial charge in [-0.2, -0.15) is 0 Å². The van der Waals surface area contributed by atoms with Crippen LogP contribution in [-0.2, 0) is 27.3 Å². The van der Waals surface area contributed by atoms with E-state index < -0.39 is 11.9 Å². The molecule has 8 heteroatoms. The molecule has 1 saturated carbocycles. The van der Waals surface area contributed by atoms with E-state index >= 15 is 4.39 Å². The topological polar surface area (TPSA) is 87.7 Å². The molecule has 1 unspecified atom stereocenters. The Kier molecular flexibility index (Phi) is 6.47. The first-order valence-electron chi connectivity index (χ1n) is 12.2. The van der Waals surface area contributed by atoms with Crippen molar-refractivity contribution in [1.82, 2.24) is 15.5 Å². The van der Waals surface area contributed by atoms with Gasteiger partial charge < -0.3 is 15.0 Å². The number of ether oxygens (including phenoxy) is 1. The predicted octanol–water partition coefficient (Wildman–Crippen LogP) is 2.17. The summed E-state index contributed by atoms with van der Waals surface area (Å²) >= 11 is 0. The summed E-state index contributed by atoms with van der Waals surface area (Å²) in [5.74, 6) is 0.120. The molecule has 33 heavy (non-hydrogen) atoms. The lowest BCUT2D eigenvalue weighted by molar-refractivity contribution is -0.136. The van der Waals surface area contributed by atoms with E-state index in [1.54, 1.807) is 12.1 Å². The van der Waals surface area contributed by atoms with E-state index in [0.717, 1.165) is 39.1 Å². The molecule has 0 aromatic heterocycles. The standard InChI is InChI=1S/C25H32FN3O4/c26-23-17(9-16-3-1-2-4-18(16)11-27-10-15-13-33-14-15)5-6-19-20(23)12-29(25(19)32)21-7-8-22(30)28-24(21)31/h5-6,15-16,18,21,27H,1-4,7-14H2,(H,28,30,31)/t16-,18-,21?/m1/s1. The Morgan fingerprint density at radius 1 is 1.06 bits per heavy atom. The van der Waals surface area contributed by atoms with Crippen LogP contribution in [0.25, 0.3) is 0 Å². The summed E-state index contributed by atoms with van der Waals surface area (Å²) in [5, 5.41) is 5.89. The molecule has 2 saturated heterocycles. The summed E-state index contributed by atoms with van der Waals surface area (Å²) in [6.45, 7) is 3.70. The zero-order valence-corrected chi connectivity index (χ0v) is 18.9. The van der Waals surface area contributed by atoms with Crippen LogP contribution in [0.3, 0.4) is 0 Å². The van der Waals surface area contributed by atoms with Crippen molar-refractivity contribution < 1.29 is 23.5 Å². The van der Waals surface area contributed by atoms with E-state index in [1.807, 2.05) is 0 Å². The van der Waals surface area contributed by atoms with Gasteiger partial charge in [0.05, 0.1) is 19.8 Å². The minimum Gasteiger partial charge on any atom is -0.381 e. The third kappa shape index (κ3) is 4.55. The lowest BCUT2D eigenvalue weighted by Crippen LogP contribution is -2.52. The molecule has 2 N–H and O–H groups in total. The second-order valence-electron chi connectivity index (χ2n) is 10.0. The molecule has 7 nitrogen and oxygen atoms in total. The van der Waals surface area contributed by atoms with Gasteiger partial charge in [-0.25, -0.2) is 4.39 Å². The maximum atomic E-state index is 15.6. The highest BCUT2D eigenvalue weighted by Crippen LogP contribution is 2.36. The van der Waals surface area contributed by atoms with Gasteiger partial charge >= 0.3 is 0 Å². The minimum atomic E-state index is -0.722. The van der Waals surface area contributed by atoms with Crippen LogP contribution in [0, 0.1) is 23.6 Å². The molecule has 0 bridgehead atoms. The minimum absolute atomic E-state index is 0.0826. The lowest BCUT2D eigenvalue weighted by Gasteiger charge is -2.33. The maximum absolute atomic E-state index is 15.6.